The second-order valence-corrected chi connectivity index (χ2v) is 6.99. The highest BCUT2D eigenvalue weighted by molar-refractivity contribution is 7.15. The van der Waals surface area contributed by atoms with E-state index >= 15 is 0 Å². The molecule has 0 fully saturated rings. The smallest absolute Gasteiger partial charge is 0.251 e. The minimum absolute atomic E-state index is 0.105. The first kappa shape index (κ1) is 17.9. The number of thiazole rings is 1. The van der Waals surface area contributed by atoms with Crippen LogP contribution >= 0.6 is 11.3 Å². The topological polar surface area (TPSA) is 89.5 Å². The van der Waals surface area contributed by atoms with E-state index in [1.54, 1.807) is 0 Å². The van der Waals surface area contributed by atoms with Gasteiger partial charge in [0.15, 0.2) is 4.96 Å². The number of imidazole rings is 1. The van der Waals surface area contributed by atoms with E-state index in [9.17, 15) is 14.0 Å². The average molecular weight is 394 g/mol. The molecule has 140 valence electrons. The van der Waals surface area contributed by atoms with Crippen molar-refractivity contribution in [2.24, 2.45) is 5.73 Å². The molecule has 4 rings (SSSR count). The van der Waals surface area contributed by atoms with Crippen molar-refractivity contribution in [2.45, 2.75) is 6.42 Å². The molecule has 0 radical (unpaired) electrons. The van der Waals surface area contributed by atoms with Gasteiger partial charge < -0.3 is 11.1 Å². The number of hydrogen-bond donors (Lipinski definition) is 2. The number of rotatable bonds is 5. The van der Waals surface area contributed by atoms with E-state index in [1.165, 1.54) is 23.5 Å². The Balaban J connectivity index is 1.53. The van der Waals surface area contributed by atoms with E-state index < -0.39 is 11.7 Å². The number of carbonyl (C=O) groups excluding carboxylic acids is 2. The number of benzene rings is 2. The normalized spacial score (nSPS) is 10.9. The Bertz CT molecular complexity index is 1180. The average Bonchev–Trinajstić information content (AvgIpc) is 3.26. The van der Waals surface area contributed by atoms with E-state index in [0.29, 0.717) is 5.69 Å². The van der Waals surface area contributed by atoms with Crippen LogP contribution < -0.4 is 11.1 Å². The number of carbonyl (C=O) groups is 2. The van der Waals surface area contributed by atoms with Crippen molar-refractivity contribution in [3.05, 3.63) is 77.2 Å². The molecular weight excluding hydrogens is 379 g/mol. The van der Waals surface area contributed by atoms with Crippen LogP contribution in [0.3, 0.4) is 0 Å². The Morgan fingerprint density at radius 2 is 1.96 bits per heavy atom. The van der Waals surface area contributed by atoms with Crippen LogP contribution in [-0.2, 0) is 11.2 Å². The molecule has 0 aliphatic heterocycles. The molecule has 0 spiro atoms. The Morgan fingerprint density at radius 3 is 2.71 bits per heavy atom. The molecule has 3 N–H and O–H groups in total. The second kappa shape index (κ2) is 7.24. The molecule has 2 aromatic heterocycles. The molecule has 2 aromatic carbocycles. The number of aromatic nitrogens is 2. The van der Waals surface area contributed by atoms with Crippen LogP contribution in [0, 0.1) is 5.82 Å². The maximum absolute atomic E-state index is 13.6. The Morgan fingerprint density at radius 1 is 1.18 bits per heavy atom. The zero-order valence-corrected chi connectivity index (χ0v) is 15.4. The van der Waals surface area contributed by atoms with Crippen LogP contribution in [0.15, 0.2) is 60.1 Å². The monoisotopic (exact) mass is 394 g/mol. The first-order chi connectivity index (χ1) is 13.5. The quantitative estimate of drug-likeness (QED) is 0.543. The van der Waals surface area contributed by atoms with Crippen LogP contribution in [0.25, 0.3) is 16.2 Å². The molecule has 4 aromatic rings. The summed E-state index contributed by atoms with van der Waals surface area (Å²) in [6.45, 7) is 0. The number of halogens is 1. The van der Waals surface area contributed by atoms with Crippen LogP contribution in [0.2, 0.25) is 0 Å². The lowest BCUT2D eigenvalue weighted by Gasteiger charge is -2.07. The summed E-state index contributed by atoms with van der Waals surface area (Å²) < 4.78 is 15.4. The lowest BCUT2D eigenvalue weighted by atomic mass is 10.1. The van der Waals surface area contributed by atoms with Gasteiger partial charge in [0, 0.05) is 28.5 Å². The lowest BCUT2D eigenvalue weighted by molar-refractivity contribution is -0.115. The number of nitrogens with one attached hydrogen (secondary N) is 1. The molecule has 2 amide bonds. The lowest BCUT2D eigenvalue weighted by Crippen LogP contribution is -2.17. The van der Waals surface area contributed by atoms with E-state index in [4.69, 9.17) is 5.73 Å². The van der Waals surface area contributed by atoms with Gasteiger partial charge in [0.25, 0.3) is 5.91 Å². The number of hydrogen-bond acceptors (Lipinski definition) is 4. The standard InChI is InChI=1S/C20H15FN4O2S/c21-16-7-6-13(8-15(16)19(22)27)23-18(26)9-14-11-28-20-24-17(10-25(14)20)12-4-2-1-3-5-12/h1-8,10-11H,9H2,(H2,22,27)(H,23,26). The summed E-state index contributed by atoms with van der Waals surface area (Å²) in [5, 5.41) is 4.53. The largest absolute Gasteiger partial charge is 0.366 e. The zero-order valence-electron chi connectivity index (χ0n) is 14.6. The summed E-state index contributed by atoms with van der Waals surface area (Å²) in [5.41, 5.74) is 7.79. The Hall–Kier alpha value is -3.52. The predicted molar refractivity (Wildman–Crippen MR) is 106 cm³/mol. The summed E-state index contributed by atoms with van der Waals surface area (Å²) in [6.07, 6.45) is 2.00. The van der Waals surface area contributed by atoms with Crippen LogP contribution in [-0.4, -0.2) is 21.2 Å². The fraction of sp³-hybridized carbons (Fsp3) is 0.0500. The maximum atomic E-state index is 13.6. The number of anilines is 1. The van der Waals surface area contributed by atoms with Gasteiger partial charge in [-0.05, 0) is 18.2 Å². The number of primary amides is 1. The molecule has 0 saturated carbocycles. The molecule has 6 nitrogen and oxygen atoms in total. The van der Waals surface area contributed by atoms with Gasteiger partial charge in [-0.2, -0.15) is 0 Å². The van der Waals surface area contributed by atoms with Crippen molar-refractivity contribution in [3.63, 3.8) is 0 Å². The predicted octanol–water partition coefficient (Wildman–Crippen LogP) is 3.48. The van der Waals surface area contributed by atoms with Crippen molar-refractivity contribution < 1.29 is 14.0 Å². The summed E-state index contributed by atoms with van der Waals surface area (Å²) in [5.74, 6) is -1.91. The van der Waals surface area contributed by atoms with Crippen LogP contribution in [0.4, 0.5) is 10.1 Å². The fourth-order valence-corrected chi connectivity index (χ4v) is 3.74. The Kier molecular flexibility index (Phi) is 4.62. The highest BCUT2D eigenvalue weighted by atomic mass is 32.1. The van der Waals surface area contributed by atoms with Crippen LogP contribution in [0.5, 0.6) is 0 Å². The van der Waals surface area contributed by atoms with Gasteiger partial charge in [-0.15, -0.1) is 11.3 Å². The van der Waals surface area contributed by atoms with Crippen molar-refractivity contribution in [1.82, 2.24) is 9.38 Å². The second-order valence-electron chi connectivity index (χ2n) is 6.16. The summed E-state index contributed by atoms with van der Waals surface area (Å²) >= 11 is 1.45. The van der Waals surface area contributed by atoms with Gasteiger partial charge in [-0.1, -0.05) is 30.3 Å². The minimum Gasteiger partial charge on any atom is -0.366 e. The molecule has 2 heterocycles. The van der Waals surface area contributed by atoms with Gasteiger partial charge in [-0.25, -0.2) is 9.37 Å². The van der Waals surface area contributed by atoms with Crippen molar-refractivity contribution in [3.8, 4) is 11.3 Å². The fourth-order valence-electron chi connectivity index (χ4n) is 2.87. The minimum atomic E-state index is -0.889. The molecule has 0 unspecified atom stereocenters. The number of fused-ring (bicyclic) bond motifs is 1. The molecule has 0 saturated heterocycles. The highest BCUT2D eigenvalue weighted by Crippen LogP contribution is 2.24. The van der Waals surface area contributed by atoms with Gasteiger partial charge in [0.05, 0.1) is 17.7 Å². The zero-order chi connectivity index (χ0) is 19.7. The third kappa shape index (κ3) is 3.49. The first-order valence-electron chi connectivity index (χ1n) is 8.41. The Labute approximate surface area is 163 Å². The molecule has 0 bridgehead atoms. The number of nitrogens with zero attached hydrogens (tertiary/aromatic N) is 2. The first-order valence-corrected chi connectivity index (χ1v) is 9.29. The summed E-state index contributed by atoms with van der Waals surface area (Å²) in [7, 11) is 0. The molecule has 0 aliphatic carbocycles. The molecule has 28 heavy (non-hydrogen) atoms. The van der Waals surface area contributed by atoms with E-state index in [2.05, 4.69) is 10.3 Å². The van der Waals surface area contributed by atoms with Crippen molar-refractivity contribution in [1.29, 1.82) is 0 Å². The van der Waals surface area contributed by atoms with Gasteiger partial charge in [-0.3, -0.25) is 14.0 Å². The molecule has 0 aliphatic rings. The van der Waals surface area contributed by atoms with Gasteiger partial charge >= 0.3 is 0 Å². The molecule has 8 heteroatoms. The van der Waals surface area contributed by atoms with Crippen LogP contribution in [0.1, 0.15) is 16.1 Å². The number of nitrogens with two attached hydrogens (primary N) is 1. The third-order valence-electron chi connectivity index (χ3n) is 4.21. The van der Waals surface area contributed by atoms with Crippen molar-refractivity contribution in [2.75, 3.05) is 5.32 Å². The summed E-state index contributed by atoms with van der Waals surface area (Å²) in [6, 6.07) is 13.5. The van der Waals surface area contributed by atoms with Gasteiger partial charge in [0.1, 0.15) is 5.82 Å². The van der Waals surface area contributed by atoms with Crippen molar-refractivity contribution >= 4 is 33.8 Å². The molecule has 0 atom stereocenters. The SMILES string of the molecule is NC(=O)c1cc(NC(=O)Cc2csc3nc(-c4ccccc4)cn23)ccc1F. The number of amides is 2. The van der Waals surface area contributed by atoms with E-state index in [1.807, 2.05) is 46.3 Å². The summed E-state index contributed by atoms with van der Waals surface area (Å²) in [4.78, 5) is 29.0. The van der Waals surface area contributed by atoms with E-state index in [0.717, 1.165) is 28.0 Å². The maximum Gasteiger partial charge on any atom is 0.251 e. The molecular formula is C20H15FN4O2S. The van der Waals surface area contributed by atoms with Gasteiger partial charge in [0.2, 0.25) is 5.91 Å². The third-order valence-corrected chi connectivity index (χ3v) is 5.10. The van der Waals surface area contributed by atoms with E-state index in [-0.39, 0.29) is 17.9 Å². The highest BCUT2D eigenvalue weighted by Gasteiger charge is 2.14.